The van der Waals surface area contributed by atoms with E-state index in [1.807, 2.05) is 13.8 Å². The van der Waals surface area contributed by atoms with Gasteiger partial charge in [0.2, 0.25) is 17.7 Å². The molecule has 0 aromatic carbocycles. The van der Waals surface area contributed by atoms with Crippen LogP contribution in [0.1, 0.15) is 60.3 Å². The number of nitrogens with one attached hydrogen (secondary N) is 3. The van der Waals surface area contributed by atoms with Crippen LogP contribution in [0, 0.1) is 11.8 Å². The van der Waals surface area contributed by atoms with Gasteiger partial charge in [0, 0.05) is 6.54 Å². The van der Waals surface area contributed by atoms with E-state index in [2.05, 4.69) is 20.9 Å². The number of hydrogen-bond acceptors (Lipinski definition) is 7. The largest absolute Gasteiger partial charge is 0.480 e. The van der Waals surface area contributed by atoms with Gasteiger partial charge in [-0.25, -0.2) is 4.79 Å². The first-order chi connectivity index (χ1) is 16.2. The van der Waals surface area contributed by atoms with Gasteiger partial charge in [0.15, 0.2) is 5.96 Å². The highest BCUT2D eigenvalue weighted by atomic mass is 16.4. The second-order valence-corrected chi connectivity index (χ2v) is 9.18. The molecule has 35 heavy (non-hydrogen) atoms. The van der Waals surface area contributed by atoms with Gasteiger partial charge in [0.05, 0.1) is 12.1 Å². The van der Waals surface area contributed by atoms with Crippen molar-refractivity contribution in [2.24, 2.45) is 34.0 Å². The third-order valence-electron chi connectivity index (χ3n) is 5.48. The van der Waals surface area contributed by atoms with Crippen molar-refractivity contribution in [1.29, 1.82) is 0 Å². The molecule has 3 amide bonds. The molecule has 202 valence electrons. The van der Waals surface area contributed by atoms with Crippen LogP contribution >= 0.6 is 0 Å². The lowest BCUT2D eigenvalue weighted by atomic mass is 9.98. The van der Waals surface area contributed by atoms with Crippen LogP contribution in [-0.4, -0.2) is 76.7 Å². The van der Waals surface area contributed by atoms with Crippen LogP contribution in [0.15, 0.2) is 4.99 Å². The number of carboxylic acids is 1. The maximum atomic E-state index is 13.0. The van der Waals surface area contributed by atoms with Crippen LogP contribution in [0.3, 0.4) is 0 Å². The quantitative estimate of drug-likeness (QED) is 0.0688. The standard InChI is InChI=1S/C22H43N7O6/c1-6-12(4)16(21(34)35)28-20(33)17(13(5)30)29-19(32)15(8-7-9-26-22(24)25)27-18(31)14(23)10-11(2)3/h11-17,30H,6-10,23H2,1-5H3,(H,27,31)(H,28,33)(H,29,32)(H,34,35)(H4,24,25,26). The number of carbonyl (C=O) groups is 4. The smallest absolute Gasteiger partial charge is 0.326 e. The van der Waals surface area contributed by atoms with E-state index in [-0.39, 0.29) is 30.8 Å². The van der Waals surface area contributed by atoms with Gasteiger partial charge in [-0.3, -0.25) is 19.4 Å². The fourth-order valence-electron chi connectivity index (χ4n) is 3.25. The number of nitrogens with zero attached hydrogens (tertiary/aromatic N) is 1. The minimum atomic E-state index is -1.45. The topological polar surface area (TPSA) is 235 Å². The van der Waals surface area contributed by atoms with Crippen LogP contribution in [0.4, 0.5) is 0 Å². The van der Waals surface area contributed by atoms with Gasteiger partial charge >= 0.3 is 5.97 Å². The molecule has 0 heterocycles. The number of guanidine groups is 1. The molecule has 0 aliphatic rings. The minimum absolute atomic E-state index is 0.117. The molecular formula is C22H43N7O6. The zero-order valence-electron chi connectivity index (χ0n) is 21.3. The van der Waals surface area contributed by atoms with Gasteiger partial charge in [-0.05, 0) is 38.0 Å². The number of amides is 3. The maximum absolute atomic E-state index is 13.0. The van der Waals surface area contributed by atoms with Crippen molar-refractivity contribution >= 4 is 29.7 Å². The minimum Gasteiger partial charge on any atom is -0.480 e. The lowest BCUT2D eigenvalue weighted by molar-refractivity contribution is -0.144. The Hall–Kier alpha value is -2.93. The van der Waals surface area contributed by atoms with Crippen LogP contribution < -0.4 is 33.2 Å². The molecule has 0 saturated heterocycles. The Kier molecular flexibility index (Phi) is 14.5. The maximum Gasteiger partial charge on any atom is 0.326 e. The summed E-state index contributed by atoms with van der Waals surface area (Å²) >= 11 is 0. The molecule has 0 bridgehead atoms. The fraction of sp³-hybridized carbons (Fsp3) is 0.773. The number of aliphatic hydroxyl groups is 1. The van der Waals surface area contributed by atoms with Gasteiger partial charge in [0.1, 0.15) is 18.1 Å². The molecule has 0 rings (SSSR count). The molecule has 0 spiro atoms. The summed E-state index contributed by atoms with van der Waals surface area (Å²) in [7, 11) is 0. The molecule has 0 aliphatic carbocycles. The summed E-state index contributed by atoms with van der Waals surface area (Å²) in [5.41, 5.74) is 16.5. The van der Waals surface area contributed by atoms with E-state index in [0.29, 0.717) is 19.3 Å². The van der Waals surface area contributed by atoms with Crippen LogP contribution in [-0.2, 0) is 19.2 Å². The molecule has 0 aromatic rings. The van der Waals surface area contributed by atoms with E-state index >= 15 is 0 Å². The Morgan fingerprint density at radius 2 is 1.49 bits per heavy atom. The summed E-state index contributed by atoms with van der Waals surface area (Å²) in [5.74, 6) is -3.71. The summed E-state index contributed by atoms with van der Waals surface area (Å²) in [6.07, 6.45) is 0.00643. The molecular weight excluding hydrogens is 458 g/mol. The number of aliphatic carboxylic acids is 1. The van der Waals surface area contributed by atoms with Crippen molar-refractivity contribution in [3.63, 3.8) is 0 Å². The summed E-state index contributed by atoms with van der Waals surface area (Å²) < 4.78 is 0. The van der Waals surface area contributed by atoms with E-state index in [1.165, 1.54) is 6.92 Å². The normalized spacial score (nSPS) is 16.2. The third-order valence-corrected chi connectivity index (χ3v) is 5.48. The fourth-order valence-corrected chi connectivity index (χ4v) is 3.25. The lowest BCUT2D eigenvalue weighted by Gasteiger charge is -2.28. The summed E-state index contributed by atoms with van der Waals surface area (Å²) in [4.78, 5) is 53.7. The Morgan fingerprint density at radius 1 is 0.914 bits per heavy atom. The predicted molar refractivity (Wildman–Crippen MR) is 132 cm³/mol. The summed E-state index contributed by atoms with van der Waals surface area (Å²) in [6.45, 7) is 8.74. The van der Waals surface area contributed by atoms with E-state index in [4.69, 9.17) is 17.2 Å². The number of hydrogen-bond donors (Lipinski definition) is 8. The van der Waals surface area contributed by atoms with E-state index < -0.39 is 54.0 Å². The molecule has 11 N–H and O–H groups in total. The number of nitrogens with two attached hydrogens (primary N) is 3. The molecule has 0 fully saturated rings. The molecule has 0 aromatic heterocycles. The monoisotopic (exact) mass is 501 g/mol. The second-order valence-electron chi connectivity index (χ2n) is 9.18. The van der Waals surface area contributed by atoms with E-state index in [0.717, 1.165) is 0 Å². The zero-order chi connectivity index (χ0) is 27.3. The third kappa shape index (κ3) is 12.4. The van der Waals surface area contributed by atoms with Gasteiger partial charge in [-0.2, -0.15) is 0 Å². The lowest BCUT2D eigenvalue weighted by Crippen LogP contribution is -2.60. The van der Waals surface area contributed by atoms with Crippen molar-refractivity contribution in [3.8, 4) is 0 Å². The Balaban J connectivity index is 5.57. The Bertz CT molecular complexity index is 740. The molecule has 0 aliphatic heterocycles. The van der Waals surface area contributed by atoms with Crippen molar-refractivity contribution in [3.05, 3.63) is 0 Å². The highest BCUT2D eigenvalue weighted by molar-refractivity contribution is 5.94. The number of carbonyl (C=O) groups excluding carboxylic acids is 3. The average Bonchev–Trinajstić information content (AvgIpc) is 2.75. The number of aliphatic hydroxyl groups excluding tert-OH is 1. The first kappa shape index (κ1) is 32.1. The Labute approximate surface area is 206 Å². The van der Waals surface area contributed by atoms with Crippen molar-refractivity contribution in [2.75, 3.05) is 6.54 Å². The summed E-state index contributed by atoms with van der Waals surface area (Å²) in [6, 6.07) is -4.58. The van der Waals surface area contributed by atoms with Crippen molar-refractivity contribution in [1.82, 2.24) is 16.0 Å². The highest BCUT2D eigenvalue weighted by Crippen LogP contribution is 2.10. The van der Waals surface area contributed by atoms with Crippen LogP contribution in [0.5, 0.6) is 0 Å². The van der Waals surface area contributed by atoms with Gasteiger partial charge in [-0.15, -0.1) is 0 Å². The Morgan fingerprint density at radius 3 is 1.94 bits per heavy atom. The number of aliphatic imine (C=N–C) groups is 1. The van der Waals surface area contributed by atoms with E-state index in [9.17, 15) is 29.4 Å². The molecule has 6 unspecified atom stereocenters. The molecule has 6 atom stereocenters. The second kappa shape index (κ2) is 15.9. The van der Waals surface area contributed by atoms with Gasteiger partial charge in [0.25, 0.3) is 0 Å². The zero-order valence-corrected chi connectivity index (χ0v) is 21.3. The molecule has 0 radical (unpaired) electrons. The van der Waals surface area contributed by atoms with Crippen LogP contribution in [0.2, 0.25) is 0 Å². The predicted octanol–water partition coefficient (Wildman–Crippen LogP) is -1.62. The molecule has 0 saturated carbocycles. The number of carboxylic acid groups (broad SMARTS) is 1. The van der Waals surface area contributed by atoms with Gasteiger partial charge < -0.3 is 43.4 Å². The van der Waals surface area contributed by atoms with Crippen molar-refractivity contribution < 1.29 is 29.4 Å². The van der Waals surface area contributed by atoms with Crippen molar-refractivity contribution in [2.45, 2.75) is 90.6 Å². The highest BCUT2D eigenvalue weighted by Gasteiger charge is 2.34. The average molecular weight is 502 g/mol. The first-order valence-electron chi connectivity index (χ1n) is 11.8. The van der Waals surface area contributed by atoms with Gasteiger partial charge in [-0.1, -0.05) is 34.1 Å². The first-order valence-corrected chi connectivity index (χ1v) is 11.8. The SMILES string of the molecule is CCC(C)C(NC(=O)C(NC(=O)C(CCCN=C(N)N)NC(=O)C(N)CC(C)C)C(C)O)C(=O)O. The van der Waals surface area contributed by atoms with Crippen LogP contribution in [0.25, 0.3) is 0 Å². The van der Waals surface area contributed by atoms with E-state index in [1.54, 1.807) is 13.8 Å². The summed E-state index contributed by atoms with van der Waals surface area (Å²) in [5, 5.41) is 26.9. The molecule has 13 heteroatoms. The number of rotatable bonds is 16. The molecule has 13 nitrogen and oxygen atoms in total.